The second-order valence-corrected chi connectivity index (χ2v) is 7.41. The molecule has 178 valence electrons. The van der Waals surface area contributed by atoms with Crippen LogP contribution in [0.2, 0.25) is 0 Å². The fourth-order valence-corrected chi connectivity index (χ4v) is 3.35. The van der Waals surface area contributed by atoms with E-state index in [1.54, 1.807) is 31.2 Å². The summed E-state index contributed by atoms with van der Waals surface area (Å²) in [4.78, 5) is 61.9. The van der Waals surface area contributed by atoms with Gasteiger partial charge in [-0.3, -0.25) is 24.1 Å². The van der Waals surface area contributed by atoms with Gasteiger partial charge in [0.1, 0.15) is 11.8 Å². The number of ether oxygens (including phenoxy) is 2. The van der Waals surface area contributed by atoms with Gasteiger partial charge in [0, 0.05) is 18.7 Å². The number of nitrogens with zero attached hydrogens (tertiary/aromatic N) is 1. The number of hydrogen-bond donors (Lipinski definition) is 2. The number of benzene rings is 2. The molecule has 10 heteroatoms. The Morgan fingerprint density at radius 2 is 1.50 bits per heavy atom. The minimum atomic E-state index is -0.961. The monoisotopic (exact) mass is 467 g/mol. The molecule has 0 saturated carbocycles. The van der Waals surface area contributed by atoms with Crippen molar-refractivity contribution < 1.29 is 33.4 Å². The second kappa shape index (κ2) is 11.1. The molecule has 2 aromatic carbocycles. The van der Waals surface area contributed by atoms with Crippen LogP contribution in [0.1, 0.15) is 51.3 Å². The summed E-state index contributed by atoms with van der Waals surface area (Å²) in [5, 5.41) is 5.40. The van der Waals surface area contributed by atoms with Crippen LogP contribution in [0.3, 0.4) is 0 Å². The maximum Gasteiger partial charge on any atom is 0.513 e. The third kappa shape index (κ3) is 5.58. The number of nitrogens with one attached hydrogen (secondary N) is 2. The predicted octanol–water partition coefficient (Wildman–Crippen LogP) is 2.14. The van der Waals surface area contributed by atoms with E-state index in [0.29, 0.717) is 18.5 Å². The van der Waals surface area contributed by atoms with Crippen molar-refractivity contribution in [1.29, 1.82) is 0 Å². The molecular weight excluding hydrogens is 442 g/mol. The van der Waals surface area contributed by atoms with Gasteiger partial charge in [0.05, 0.1) is 17.7 Å². The van der Waals surface area contributed by atoms with E-state index < -0.39 is 29.9 Å². The molecule has 0 bridgehead atoms. The van der Waals surface area contributed by atoms with Crippen LogP contribution in [0.5, 0.6) is 5.75 Å². The summed E-state index contributed by atoms with van der Waals surface area (Å²) >= 11 is 0. The second-order valence-electron chi connectivity index (χ2n) is 7.41. The summed E-state index contributed by atoms with van der Waals surface area (Å²) in [6, 6.07) is 11.5. The SMILES string of the molecule is CCOC(=O)Oc1ccc(C(=O)NCCCNC(=O)C(C)N2C(=O)c3ccccc3C2=O)cc1. The molecular formula is C24H25N3O7. The van der Waals surface area contributed by atoms with Crippen molar-refractivity contribution in [3.8, 4) is 5.75 Å². The van der Waals surface area contributed by atoms with Crippen molar-refractivity contribution in [2.75, 3.05) is 19.7 Å². The molecule has 0 fully saturated rings. The van der Waals surface area contributed by atoms with E-state index in [9.17, 15) is 24.0 Å². The lowest BCUT2D eigenvalue weighted by molar-refractivity contribution is -0.124. The zero-order valence-electron chi connectivity index (χ0n) is 18.8. The molecule has 0 aromatic heterocycles. The van der Waals surface area contributed by atoms with E-state index in [2.05, 4.69) is 15.4 Å². The molecule has 0 saturated heterocycles. The Morgan fingerprint density at radius 3 is 2.09 bits per heavy atom. The standard InChI is InChI=1S/C24H25N3O7/c1-3-33-24(32)34-17-11-9-16(10-12-17)21(29)26-14-6-13-25-20(28)15(2)27-22(30)18-7-4-5-8-19(18)23(27)31/h4-5,7-12,15H,3,6,13-14H2,1-2H3,(H,25,28)(H,26,29). The van der Waals surface area contributed by atoms with Crippen LogP contribution in [0.4, 0.5) is 4.79 Å². The molecule has 2 aromatic rings. The minimum Gasteiger partial charge on any atom is -0.434 e. The summed E-state index contributed by atoms with van der Waals surface area (Å²) < 4.78 is 9.61. The highest BCUT2D eigenvalue weighted by molar-refractivity contribution is 6.22. The van der Waals surface area contributed by atoms with E-state index >= 15 is 0 Å². The first-order valence-electron chi connectivity index (χ1n) is 10.8. The topological polar surface area (TPSA) is 131 Å². The number of imide groups is 1. The van der Waals surface area contributed by atoms with Gasteiger partial charge in [-0.05, 0) is 56.7 Å². The number of fused-ring (bicyclic) bond motifs is 1. The fraction of sp³-hybridized carbons (Fsp3) is 0.292. The molecule has 3 rings (SSSR count). The minimum absolute atomic E-state index is 0.196. The Bertz CT molecular complexity index is 1060. The van der Waals surface area contributed by atoms with Gasteiger partial charge >= 0.3 is 6.16 Å². The van der Waals surface area contributed by atoms with Crippen molar-refractivity contribution in [3.63, 3.8) is 0 Å². The van der Waals surface area contributed by atoms with Gasteiger partial charge in [0.25, 0.3) is 17.7 Å². The molecule has 2 N–H and O–H groups in total. The number of carbonyl (C=O) groups is 5. The highest BCUT2D eigenvalue weighted by Crippen LogP contribution is 2.24. The fourth-order valence-electron chi connectivity index (χ4n) is 3.35. The lowest BCUT2D eigenvalue weighted by Crippen LogP contribution is -2.48. The van der Waals surface area contributed by atoms with Crippen LogP contribution in [0.15, 0.2) is 48.5 Å². The average molecular weight is 467 g/mol. The summed E-state index contributed by atoms with van der Waals surface area (Å²) in [5.41, 5.74) is 0.949. The van der Waals surface area contributed by atoms with Gasteiger partial charge in [-0.25, -0.2) is 4.79 Å². The number of hydrogen-bond acceptors (Lipinski definition) is 7. The van der Waals surface area contributed by atoms with Crippen LogP contribution in [0, 0.1) is 0 Å². The molecule has 4 amide bonds. The van der Waals surface area contributed by atoms with E-state index in [1.807, 2.05) is 0 Å². The summed E-state index contributed by atoms with van der Waals surface area (Å²) in [6.45, 7) is 3.89. The Kier molecular flexibility index (Phi) is 7.96. The molecule has 10 nitrogen and oxygen atoms in total. The summed E-state index contributed by atoms with van der Waals surface area (Å²) in [7, 11) is 0. The smallest absolute Gasteiger partial charge is 0.434 e. The van der Waals surface area contributed by atoms with Crippen LogP contribution in [-0.2, 0) is 9.53 Å². The van der Waals surface area contributed by atoms with Crippen molar-refractivity contribution >= 4 is 29.8 Å². The van der Waals surface area contributed by atoms with Gasteiger partial charge in [-0.1, -0.05) is 12.1 Å². The lowest BCUT2D eigenvalue weighted by atomic mass is 10.1. The first kappa shape index (κ1) is 24.4. The third-order valence-electron chi connectivity index (χ3n) is 5.11. The zero-order valence-corrected chi connectivity index (χ0v) is 18.8. The van der Waals surface area contributed by atoms with E-state index in [0.717, 1.165) is 4.90 Å². The molecule has 1 atom stereocenters. The molecule has 1 aliphatic heterocycles. The molecule has 1 unspecified atom stereocenters. The molecule has 0 spiro atoms. The Balaban J connectivity index is 1.40. The van der Waals surface area contributed by atoms with Gasteiger partial charge < -0.3 is 20.1 Å². The van der Waals surface area contributed by atoms with E-state index in [1.165, 1.54) is 31.2 Å². The maximum atomic E-state index is 12.5. The van der Waals surface area contributed by atoms with Gasteiger partial charge in [0.15, 0.2) is 0 Å². The predicted molar refractivity (Wildman–Crippen MR) is 120 cm³/mol. The van der Waals surface area contributed by atoms with Crippen molar-refractivity contribution in [2.24, 2.45) is 0 Å². The number of amides is 4. The average Bonchev–Trinajstić information content (AvgIpc) is 3.08. The number of rotatable bonds is 9. The quantitative estimate of drug-likeness (QED) is 0.250. The molecule has 1 aliphatic rings. The summed E-state index contributed by atoms with van der Waals surface area (Å²) in [5.74, 6) is -1.51. The zero-order chi connectivity index (χ0) is 24.7. The molecule has 34 heavy (non-hydrogen) atoms. The van der Waals surface area contributed by atoms with Crippen LogP contribution in [0.25, 0.3) is 0 Å². The Hall–Kier alpha value is -4.21. The normalized spacial score (nSPS) is 13.2. The Labute approximate surface area is 196 Å². The van der Waals surface area contributed by atoms with Gasteiger partial charge in [0.2, 0.25) is 5.91 Å². The first-order valence-corrected chi connectivity index (χ1v) is 10.8. The van der Waals surface area contributed by atoms with E-state index in [-0.39, 0.29) is 35.9 Å². The van der Waals surface area contributed by atoms with Crippen molar-refractivity contribution in [3.05, 3.63) is 65.2 Å². The Morgan fingerprint density at radius 1 is 0.912 bits per heavy atom. The van der Waals surface area contributed by atoms with E-state index in [4.69, 9.17) is 4.74 Å². The van der Waals surface area contributed by atoms with Crippen molar-refractivity contribution in [2.45, 2.75) is 26.3 Å². The lowest BCUT2D eigenvalue weighted by Gasteiger charge is -2.21. The third-order valence-corrected chi connectivity index (χ3v) is 5.11. The highest BCUT2D eigenvalue weighted by atomic mass is 16.7. The van der Waals surface area contributed by atoms with Gasteiger partial charge in [-0.15, -0.1) is 0 Å². The summed E-state index contributed by atoms with van der Waals surface area (Å²) in [6.07, 6.45) is -0.379. The van der Waals surface area contributed by atoms with Crippen LogP contribution >= 0.6 is 0 Å². The first-order chi connectivity index (χ1) is 16.3. The largest absolute Gasteiger partial charge is 0.513 e. The van der Waals surface area contributed by atoms with Crippen LogP contribution in [-0.4, -0.2) is 60.4 Å². The molecule has 0 aliphatic carbocycles. The maximum absolute atomic E-state index is 12.5. The molecule has 0 radical (unpaired) electrons. The molecule has 1 heterocycles. The highest BCUT2D eigenvalue weighted by Gasteiger charge is 2.40. The van der Waals surface area contributed by atoms with Crippen molar-refractivity contribution in [1.82, 2.24) is 15.5 Å². The van der Waals surface area contributed by atoms with Crippen LogP contribution < -0.4 is 15.4 Å². The number of carbonyl (C=O) groups excluding carboxylic acids is 5. The van der Waals surface area contributed by atoms with Gasteiger partial charge in [-0.2, -0.15) is 0 Å².